The van der Waals surface area contributed by atoms with Crippen LogP contribution >= 0.6 is 0 Å². The van der Waals surface area contributed by atoms with Crippen LogP contribution in [-0.2, 0) is 4.79 Å². The van der Waals surface area contributed by atoms with Crippen molar-refractivity contribution in [2.75, 3.05) is 13.1 Å². The summed E-state index contributed by atoms with van der Waals surface area (Å²) in [6, 6.07) is 1.02. The second-order valence-corrected chi connectivity index (χ2v) is 4.79. The van der Waals surface area contributed by atoms with Crippen molar-refractivity contribution in [1.82, 2.24) is 10.2 Å². The summed E-state index contributed by atoms with van der Waals surface area (Å²) >= 11 is 0. The maximum atomic E-state index is 11.5. The van der Waals surface area contributed by atoms with E-state index in [-0.39, 0.29) is 11.9 Å². The second-order valence-electron chi connectivity index (χ2n) is 4.79. The molecule has 2 saturated heterocycles. The lowest BCUT2D eigenvalue weighted by molar-refractivity contribution is -0.122. The maximum Gasteiger partial charge on any atom is 0.234 e. The van der Waals surface area contributed by atoms with Crippen LogP contribution in [-0.4, -0.2) is 42.0 Å². The van der Waals surface area contributed by atoms with Crippen LogP contribution in [0.15, 0.2) is 0 Å². The van der Waals surface area contributed by atoms with Gasteiger partial charge in [0.2, 0.25) is 5.91 Å². The highest BCUT2D eigenvalue weighted by molar-refractivity contribution is 5.78. The van der Waals surface area contributed by atoms with Gasteiger partial charge in [0, 0.05) is 24.7 Å². The zero-order chi connectivity index (χ0) is 10.3. The molecule has 2 aliphatic heterocycles. The first-order valence-corrected chi connectivity index (χ1v) is 5.37. The van der Waals surface area contributed by atoms with Gasteiger partial charge in [-0.05, 0) is 26.2 Å². The Hall–Kier alpha value is -0.610. The summed E-state index contributed by atoms with van der Waals surface area (Å²) in [6.45, 7) is 5.49. The lowest BCUT2D eigenvalue weighted by atomic mass is 9.81. The maximum absolute atomic E-state index is 11.5. The molecule has 3 fully saturated rings. The summed E-state index contributed by atoms with van der Waals surface area (Å²) in [5.41, 5.74) is 5.92. The number of nitrogens with zero attached hydrogens (tertiary/aromatic N) is 1. The molecule has 3 aliphatic rings. The molecular weight excluding hydrogens is 178 g/mol. The predicted octanol–water partition coefficient (Wildman–Crippen LogP) is -0.458. The van der Waals surface area contributed by atoms with E-state index in [0.29, 0.717) is 24.5 Å². The highest BCUT2D eigenvalue weighted by atomic mass is 16.2. The molecule has 3 atom stereocenters. The molecule has 2 bridgehead atoms. The first-order chi connectivity index (χ1) is 6.58. The predicted molar refractivity (Wildman–Crippen MR) is 54.7 cm³/mol. The van der Waals surface area contributed by atoms with Crippen LogP contribution in [0.2, 0.25) is 0 Å². The van der Waals surface area contributed by atoms with Crippen molar-refractivity contribution < 1.29 is 4.79 Å². The summed E-state index contributed by atoms with van der Waals surface area (Å²) < 4.78 is 0. The minimum Gasteiger partial charge on any atom is -0.353 e. The summed E-state index contributed by atoms with van der Waals surface area (Å²) in [7, 11) is 0. The Morgan fingerprint density at radius 3 is 2.79 bits per heavy atom. The van der Waals surface area contributed by atoms with Crippen LogP contribution in [0.1, 0.15) is 20.3 Å². The Kier molecular flexibility index (Phi) is 2.49. The number of hydrogen-bond donors (Lipinski definition) is 2. The Morgan fingerprint density at radius 2 is 2.36 bits per heavy atom. The summed E-state index contributed by atoms with van der Waals surface area (Å²) in [5.74, 6) is 0.770. The first-order valence-electron chi connectivity index (χ1n) is 5.37. The number of nitrogens with two attached hydrogens (primary N) is 1. The molecule has 0 aromatic rings. The molecule has 4 heteroatoms. The minimum atomic E-state index is 0.125. The van der Waals surface area contributed by atoms with Gasteiger partial charge in [-0.1, -0.05) is 0 Å². The third-order valence-electron chi connectivity index (χ3n) is 3.27. The van der Waals surface area contributed by atoms with E-state index in [2.05, 4.69) is 10.2 Å². The van der Waals surface area contributed by atoms with Gasteiger partial charge in [-0.15, -0.1) is 0 Å². The van der Waals surface area contributed by atoms with Crippen LogP contribution in [0.5, 0.6) is 0 Å². The fourth-order valence-electron chi connectivity index (χ4n) is 2.50. The number of amides is 1. The Bertz CT molecular complexity index is 242. The number of carbonyl (C=O) groups is 1. The molecule has 0 spiro atoms. The van der Waals surface area contributed by atoms with Crippen molar-refractivity contribution in [2.24, 2.45) is 11.7 Å². The van der Waals surface area contributed by atoms with Crippen LogP contribution in [0.3, 0.4) is 0 Å². The second kappa shape index (κ2) is 3.51. The minimum absolute atomic E-state index is 0.125. The van der Waals surface area contributed by atoms with E-state index in [0.717, 1.165) is 6.54 Å². The van der Waals surface area contributed by atoms with Gasteiger partial charge in [-0.25, -0.2) is 0 Å². The first kappa shape index (κ1) is 9.93. The van der Waals surface area contributed by atoms with E-state index >= 15 is 0 Å². The highest BCUT2D eigenvalue weighted by Crippen LogP contribution is 2.39. The van der Waals surface area contributed by atoms with E-state index in [9.17, 15) is 4.79 Å². The van der Waals surface area contributed by atoms with Crippen molar-refractivity contribution >= 4 is 5.91 Å². The topological polar surface area (TPSA) is 58.4 Å². The molecule has 14 heavy (non-hydrogen) atoms. The van der Waals surface area contributed by atoms with Gasteiger partial charge in [-0.3, -0.25) is 9.69 Å². The molecule has 3 unspecified atom stereocenters. The third-order valence-corrected chi connectivity index (χ3v) is 3.27. The quantitative estimate of drug-likeness (QED) is 0.644. The summed E-state index contributed by atoms with van der Waals surface area (Å²) in [6.07, 6.45) is 1.19. The van der Waals surface area contributed by atoms with E-state index in [1.807, 2.05) is 13.8 Å². The zero-order valence-electron chi connectivity index (χ0n) is 8.86. The lowest BCUT2D eigenvalue weighted by Gasteiger charge is -2.33. The fraction of sp³-hybridized carbons (Fsp3) is 0.900. The molecule has 0 aromatic carbocycles. The Labute approximate surface area is 84.8 Å². The largest absolute Gasteiger partial charge is 0.353 e. The SMILES string of the molecule is CC(C)NC(=O)CN1CC2CC1C2N. The number of rotatable bonds is 3. The molecule has 1 amide bonds. The molecule has 80 valence electrons. The van der Waals surface area contributed by atoms with Crippen molar-refractivity contribution in [3.8, 4) is 0 Å². The third kappa shape index (κ3) is 1.64. The molecule has 1 saturated carbocycles. The number of carbonyl (C=O) groups excluding carboxylic acids is 1. The fourth-order valence-corrected chi connectivity index (χ4v) is 2.50. The molecule has 2 heterocycles. The van der Waals surface area contributed by atoms with Crippen molar-refractivity contribution in [1.29, 1.82) is 0 Å². The van der Waals surface area contributed by atoms with Gasteiger partial charge in [0.05, 0.1) is 6.54 Å². The van der Waals surface area contributed by atoms with Crippen molar-refractivity contribution in [3.63, 3.8) is 0 Å². The zero-order valence-corrected chi connectivity index (χ0v) is 8.86. The normalized spacial score (nSPS) is 35.9. The van der Waals surface area contributed by atoms with Gasteiger partial charge in [0.1, 0.15) is 0 Å². The van der Waals surface area contributed by atoms with Crippen LogP contribution in [0.4, 0.5) is 0 Å². The molecular formula is C10H19N3O. The van der Waals surface area contributed by atoms with Crippen molar-refractivity contribution in [3.05, 3.63) is 0 Å². The van der Waals surface area contributed by atoms with E-state index in [4.69, 9.17) is 5.73 Å². The standard InChI is InChI=1S/C10H19N3O/c1-6(2)12-9(14)5-13-4-7-3-8(13)10(7)11/h6-8,10H,3-5,11H2,1-2H3,(H,12,14). The van der Waals surface area contributed by atoms with Gasteiger partial charge >= 0.3 is 0 Å². The highest BCUT2D eigenvalue weighted by Gasteiger charge is 2.50. The number of nitrogens with one attached hydrogen (secondary N) is 1. The summed E-state index contributed by atoms with van der Waals surface area (Å²) in [4.78, 5) is 13.7. The molecule has 1 aliphatic carbocycles. The van der Waals surface area contributed by atoms with Gasteiger partial charge in [0.15, 0.2) is 0 Å². The smallest absolute Gasteiger partial charge is 0.234 e. The van der Waals surface area contributed by atoms with Crippen LogP contribution in [0.25, 0.3) is 0 Å². The molecule has 3 N–H and O–H groups in total. The number of hydrogen-bond acceptors (Lipinski definition) is 3. The monoisotopic (exact) mass is 197 g/mol. The van der Waals surface area contributed by atoms with E-state index < -0.39 is 0 Å². The molecule has 3 rings (SSSR count). The Balaban J connectivity index is 1.79. The average Bonchev–Trinajstić information content (AvgIpc) is 2.58. The van der Waals surface area contributed by atoms with Gasteiger partial charge < -0.3 is 11.1 Å². The van der Waals surface area contributed by atoms with Crippen LogP contribution in [0, 0.1) is 5.92 Å². The molecule has 0 aromatic heterocycles. The van der Waals surface area contributed by atoms with E-state index in [1.165, 1.54) is 6.42 Å². The average molecular weight is 197 g/mol. The van der Waals surface area contributed by atoms with E-state index in [1.54, 1.807) is 0 Å². The Morgan fingerprint density at radius 1 is 1.64 bits per heavy atom. The summed E-state index contributed by atoms with van der Waals surface area (Å²) in [5, 5.41) is 2.90. The van der Waals surface area contributed by atoms with Gasteiger partial charge in [0.25, 0.3) is 0 Å². The van der Waals surface area contributed by atoms with Gasteiger partial charge in [-0.2, -0.15) is 0 Å². The molecule has 0 radical (unpaired) electrons. The lowest BCUT2D eigenvalue weighted by Crippen LogP contribution is -2.51. The number of fused-ring (bicyclic) bond motifs is 1. The van der Waals surface area contributed by atoms with Crippen molar-refractivity contribution in [2.45, 2.75) is 38.4 Å². The molecule has 4 nitrogen and oxygen atoms in total. The van der Waals surface area contributed by atoms with Crippen LogP contribution < -0.4 is 11.1 Å².